The number of rotatable bonds is 36. The van der Waals surface area contributed by atoms with Crippen molar-refractivity contribution in [2.75, 3.05) is 19.6 Å². The number of aromatic nitrogens is 2. The zero-order chi connectivity index (χ0) is 66.8. The first-order valence-electron chi connectivity index (χ1n) is 28.5. The van der Waals surface area contributed by atoms with E-state index in [0.717, 1.165) is 0 Å². The second kappa shape index (κ2) is 35.6. The second-order valence-corrected chi connectivity index (χ2v) is 21.7. The second-order valence-electron chi connectivity index (χ2n) is 21.7. The van der Waals surface area contributed by atoms with Crippen LogP contribution < -0.4 is 81.1 Å². The number of guanidine groups is 1. The Kier molecular flexibility index (Phi) is 29.3. The van der Waals surface area contributed by atoms with Crippen molar-refractivity contribution in [3.8, 4) is 5.75 Å². The summed E-state index contributed by atoms with van der Waals surface area (Å²) in [4.78, 5) is 194. The summed E-state index contributed by atoms with van der Waals surface area (Å²) < 4.78 is 0. The third-order valence-electron chi connectivity index (χ3n) is 13.8. The molecule has 35 heteroatoms. The van der Waals surface area contributed by atoms with Gasteiger partial charge in [0.15, 0.2) is 6.04 Å². The lowest BCUT2D eigenvalue weighted by Crippen LogP contribution is -2.78. The van der Waals surface area contributed by atoms with Crippen molar-refractivity contribution in [2.24, 2.45) is 23.1 Å². The first-order chi connectivity index (χ1) is 41.8. The number of nitrogens with zero attached hydrogens (tertiary/aromatic N) is 2. The molecular formula is C54H84N18O17+2. The number of carbonyl (C=O) groups excluding carboxylic acids is 12. The van der Waals surface area contributed by atoms with Crippen LogP contribution in [0.2, 0.25) is 0 Å². The Morgan fingerprint density at radius 1 is 0.663 bits per heavy atom. The molecule has 1 aliphatic rings. The predicted molar refractivity (Wildman–Crippen MR) is 310 cm³/mol. The number of quaternary nitrogens is 1. The Morgan fingerprint density at radius 2 is 1.22 bits per heavy atom. The summed E-state index contributed by atoms with van der Waals surface area (Å²) in [5, 5.41) is 53.3. The number of hydrogen-bond donors (Lipinski definition) is 19. The highest BCUT2D eigenvalue weighted by Gasteiger charge is 2.40. The molecule has 490 valence electrons. The van der Waals surface area contributed by atoms with Crippen molar-refractivity contribution in [3.63, 3.8) is 0 Å². The van der Waals surface area contributed by atoms with Gasteiger partial charge in [-0.25, -0.2) is 9.78 Å². The zero-order valence-corrected chi connectivity index (χ0v) is 50.3. The minimum Gasteiger partial charge on any atom is -0.508 e. The summed E-state index contributed by atoms with van der Waals surface area (Å²) in [6.45, 7) is 7.75. The van der Waals surface area contributed by atoms with Gasteiger partial charge in [0.1, 0.15) is 66.2 Å². The van der Waals surface area contributed by atoms with E-state index in [1.807, 2.05) is 0 Å². The summed E-state index contributed by atoms with van der Waals surface area (Å²) in [6, 6.07) is -9.19. The Balaban J connectivity index is 1.66. The largest absolute Gasteiger partial charge is 0.508 e. The molecule has 1 aromatic heterocycles. The molecule has 0 unspecified atom stereocenters. The Morgan fingerprint density at radius 3 is 1.78 bits per heavy atom. The van der Waals surface area contributed by atoms with Crippen LogP contribution >= 0.6 is 0 Å². The van der Waals surface area contributed by atoms with Gasteiger partial charge in [-0.15, -0.1) is 0 Å². The summed E-state index contributed by atoms with van der Waals surface area (Å²) in [7, 11) is 0. The van der Waals surface area contributed by atoms with Crippen LogP contribution in [0, 0.1) is 5.92 Å². The van der Waals surface area contributed by atoms with Crippen LogP contribution in [0.1, 0.15) is 97.7 Å². The minimum absolute atomic E-state index is 0.0698. The predicted octanol–water partition coefficient (Wildman–Crippen LogP) is -9.32. The third-order valence-corrected chi connectivity index (χ3v) is 13.8. The number of carboxylic acid groups (broad SMARTS) is 2. The molecule has 12 amide bonds. The number of benzene rings is 1. The fourth-order valence-electron chi connectivity index (χ4n) is 8.80. The van der Waals surface area contributed by atoms with E-state index in [2.05, 4.69) is 73.9 Å². The number of carboxylic acids is 2. The Labute approximate surface area is 510 Å². The fraction of sp³-hybridized carbons (Fsp3) is 0.556. The molecular weight excluding hydrogens is 1170 g/mol. The van der Waals surface area contributed by atoms with Crippen molar-refractivity contribution < 1.29 is 93.2 Å². The normalized spacial score (nSPS) is 16.0. The minimum atomic E-state index is -1.61. The maximum atomic E-state index is 13.8. The standard InChI is InChI=1S/C54H82N18O17/c1-25(2)42(51(86)70-37(53(88)89)19-30-11-13-32(73)14-12-30)71-49(84)34(15-16-41(76)77)67-46(81)29(6)65-48(83)33(9-7-17-60-54(57)58)66-45(80)28(5)64-44(79)27(4)63-40(75)23-61-47(82)35(20-31-22-59-24-62-31)68-50(85)38-10-8-18-72(38)52(87)36(21-39(56)74)69-43(78)26(3)55/h11-14,22,24-29,33-38,42,73H,7-10,15-21,23,55H2,1-6H3,(H2,56,74)(H,59,62)(H,61,82)(H,63,75)(H,64,79)(H,65,83)(H,66,80)(H,67,81)(H,68,85)(H,69,78)(H,70,86)(H,71,84)(H,76,77)(H,88,89)(H4,57,58,60)/p+2/t26-,27-,28-,29-,33-,34-,35-,36-,37-,38-,42-/m0/s1. The molecule has 0 aliphatic carbocycles. The van der Waals surface area contributed by atoms with E-state index in [1.165, 1.54) is 69.4 Å². The van der Waals surface area contributed by atoms with Gasteiger partial charge in [-0.1, -0.05) is 26.0 Å². The molecule has 1 fully saturated rings. The number of nitrogens with one attached hydrogen (secondary N) is 12. The lowest BCUT2D eigenvalue weighted by Gasteiger charge is -2.29. The molecule has 1 aliphatic heterocycles. The van der Waals surface area contributed by atoms with Crippen LogP contribution in [0.5, 0.6) is 5.75 Å². The van der Waals surface area contributed by atoms with E-state index in [4.69, 9.17) is 17.2 Å². The molecule has 0 spiro atoms. The topological polar surface area (TPSA) is 572 Å². The molecule has 0 saturated carbocycles. The quantitative estimate of drug-likeness (QED) is 0.0171. The number of aliphatic carboxylic acids is 2. The van der Waals surface area contributed by atoms with Gasteiger partial charge in [0.25, 0.3) is 5.91 Å². The van der Waals surface area contributed by atoms with E-state index in [-0.39, 0.29) is 56.9 Å². The number of phenolic OH excluding ortho intramolecular Hbond substituents is 1. The molecule has 2 aromatic rings. The fourth-order valence-corrected chi connectivity index (χ4v) is 8.80. The lowest BCUT2D eigenvalue weighted by molar-refractivity contribution is -0.459. The van der Waals surface area contributed by atoms with Gasteiger partial charge in [-0.2, -0.15) is 0 Å². The maximum Gasteiger partial charge on any atom is 0.338 e. The average molecular weight is 1260 g/mol. The van der Waals surface area contributed by atoms with Gasteiger partial charge < -0.3 is 89.8 Å². The first-order valence-corrected chi connectivity index (χ1v) is 28.5. The highest BCUT2D eigenvalue weighted by molar-refractivity contribution is 5.99. The molecule has 0 bridgehead atoms. The van der Waals surface area contributed by atoms with Crippen molar-refractivity contribution >= 4 is 88.8 Å². The number of likely N-dealkylation sites (tertiary alicyclic amines) is 1. The van der Waals surface area contributed by atoms with E-state index in [1.54, 1.807) is 13.8 Å². The number of primary amides is 1. The molecule has 11 atom stereocenters. The molecule has 1 aromatic carbocycles. The van der Waals surface area contributed by atoms with Gasteiger partial charge in [-0.3, -0.25) is 78.8 Å². The monoisotopic (exact) mass is 1260 g/mol. The van der Waals surface area contributed by atoms with E-state index in [9.17, 15) is 82.4 Å². The molecule has 24 N–H and O–H groups in total. The van der Waals surface area contributed by atoms with Gasteiger partial charge in [0, 0.05) is 37.7 Å². The molecule has 1 saturated heterocycles. The summed E-state index contributed by atoms with van der Waals surface area (Å²) in [5.74, 6) is -14.1. The number of hydrogen-bond acceptors (Lipinski definition) is 16. The summed E-state index contributed by atoms with van der Waals surface area (Å²) >= 11 is 0. The summed E-state index contributed by atoms with van der Waals surface area (Å²) in [5.41, 5.74) is 20.8. The number of aromatic hydroxyl groups is 1. The lowest BCUT2D eigenvalue weighted by atomic mass is 10.00. The van der Waals surface area contributed by atoms with Gasteiger partial charge in [0.05, 0.1) is 25.8 Å². The SMILES string of the molecule is CC(C)[C@H](NC(=O)[C@H](CCC(=O)O)NC(=O)[C@H](C)NC(=O)[C@H](CCC[NH+]=C(N)N)NC(=O)[C@H](C)NC(=O)[C@H](C)NC(=O)CNC(=O)[C@H](Cc1cnc[nH]1)NC(=O)[C@@H]1CCCN1C(=O)[C@H](CC(N)=O)NC(=O)[C@H](C)[NH3+])C(=O)N[C@@H](Cc1ccc(O)cc1)C(=O)O. The van der Waals surface area contributed by atoms with Crippen molar-refractivity contribution in [3.05, 3.63) is 48.0 Å². The number of imidazole rings is 1. The third kappa shape index (κ3) is 25.1. The number of carbonyl (C=O) groups is 14. The van der Waals surface area contributed by atoms with E-state index in [0.29, 0.717) is 17.7 Å². The number of nitrogens with two attached hydrogens (primary N) is 3. The van der Waals surface area contributed by atoms with E-state index >= 15 is 0 Å². The highest BCUT2D eigenvalue weighted by Crippen LogP contribution is 2.20. The van der Waals surface area contributed by atoms with Crippen LogP contribution in [-0.4, -0.2) is 205 Å². The number of H-pyrrole nitrogens is 1. The average Bonchev–Trinajstić information content (AvgIpc) is 3.15. The van der Waals surface area contributed by atoms with Crippen LogP contribution in [0.15, 0.2) is 36.8 Å². The molecule has 0 radical (unpaired) electrons. The van der Waals surface area contributed by atoms with Gasteiger partial charge >= 0.3 is 17.9 Å². The molecule has 3 rings (SSSR count). The Hall–Kier alpha value is -9.96. The van der Waals surface area contributed by atoms with Crippen molar-refractivity contribution in [1.82, 2.24) is 68.0 Å². The van der Waals surface area contributed by atoms with Crippen molar-refractivity contribution in [2.45, 2.75) is 166 Å². The van der Waals surface area contributed by atoms with Crippen LogP contribution in [-0.2, 0) is 80.0 Å². The number of amides is 12. The Bertz CT molecular complexity index is 2880. The van der Waals surface area contributed by atoms with Crippen LogP contribution in [0.25, 0.3) is 0 Å². The maximum absolute atomic E-state index is 13.8. The summed E-state index contributed by atoms with van der Waals surface area (Å²) in [6.07, 6.45) is 1.19. The highest BCUT2D eigenvalue weighted by atomic mass is 16.4. The van der Waals surface area contributed by atoms with Gasteiger partial charge in [0.2, 0.25) is 65.0 Å². The van der Waals surface area contributed by atoms with Crippen LogP contribution in [0.4, 0.5) is 0 Å². The molecule has 35 nitrogen and oxygen atoms in total. The van der Waals surface area contributed by atoms with Gasteiger partial charge in [-0.05, 0) is 83.4 Å². The van der Waals surface area contributed by atoms with Crippen molar-refractivity contribution in [1.29, 1.82) is 0 Å². The number of aromatic amines is 1. The van der Waals surface area contributed by atoms with E-state index < -0.39 is 181 Å². The van der Waals surface area contributed by atoms with Crippen LogP contribution in [0.3, 0.4) is 0 Å². The molecule has 89 heavy (non-hydrogen) atoms. The zero-order valence-electron chi connectivity index (χ0n) is 50.3. The molecule has 2 heterocycles. The number of phenols is 1. The first kappa shape index (κ1) is 73.3. The smallest absolute Gasteiger partial charge is 0.338 e.